The molecular formula is C16H33Cl2N3O. The fourth-order valence-electron chi connectivity index (χ4n) is 4.41. The second kappa shape index (κ2) is 9.31. The lowest BCUT2D eigenvalue weighted by atomic mass is 9.67. The largest absolute Gasteiger partial charge is 0.351 e. The van der Waals surface area contributed by atoms with Crippen LogP contribution in [-0.4, -0.2) is 43.0 Å². The third kappa shape index (κ3) is 4.98. The molecule has 0 saturated heterocycles. The third-order valence-corrected chi connectivity index (χ3v) is 5.14. The molecule has 0 aromatic heterocycles. The molecule has 2 aliphatic rings. The number of likely N-dealkylation sites (N-methyl/N-ethyl adjacent to an activating group) is 1. The van der Waals surface area contributed by atoms with Crippen LogP contribution in [0, 0.1) is 17.8 Å². The molecule has 3 atom stereocenters. The molecule has 3 N–H and O–H groups in total. The number of halogens is 2. The molecule has 1 amide bonds. The highest BCUT2D eigenvalue weighted by Crippen LogP contribution is 2.39. The Labute approximate surface area is 147 Å². The maximum Gasteiger partial charge on any atom is 0.237 e. The van der Waals surface area contributed by atoms with Gasteiger partial charge in [-0.2, -0.15) is 0 Å². The first-order valence-electron chi connectivity index (χ1n) is 8.12. The van der Waals surface area contributed by atoms with Gasteiger partial charge in [-0.1, -0.05) is 20.3 Å². The fraction of sp³-hybridized carbons (Fsp3) is 0.938. The van der Waals surface area contributed by atoms with Crippen molar-refractivity contribution in [3.8, 4) is 0 Å². The lowest BCUT2D eigenvalue weighted by Crippen LogP contribution is -2.57. The number of hydrogen-bond acceptors (Lipinski definition) is 3. The van der Waals surface area contributed by atoms with Crippen LogP contribution in [0.5, 0.6) is 0 Å². The zero-order valence-electron chi connectivity index (χ0n) is 14.2. The summed E-state index contributed by atoms with van der Waals surface area (Å²) < 4.78 is 0. The highest BCUT2D eigenvalue weighted by atomic mass is 35.5. The Morgan fingerprint density at radius 3 is 2.05 bits per heavy atom. The second-order valence-corrected chi connectivity index (χ2v) is 7.37. The van der Waals surface area contributed by atoms with Gasteiger partial charge in [0, 0.05) is 12.1 Å². The number of amides is 1. The van der Waals surface area contributed by atoms with E-state index in [0.717, 1.165) is 12.8 Å². The normalized spacial score (nSPS) is 32.0. The molecule has 0 aliphatic heterocycles. The first kappa shape index (κ1) is 22.0. The van der Waals surface area contributed by atoms with Gasteiger partial charge in [-0.15, -0.1) is 24.8 Å². The van der Waals surface area contributed by atoms with Gasteiger partial charge in [-0.3, -0.25) is 9.69 Å². The summed E-state index contributed by atoms with van der Waals surface area (Å²) in [4.78, 5) is 14.7. The van der Waals surface area contributed by atoms with E-state index < -0.39 is 0 Å². The van der Waals surface area contributed by atoms with Crippen molar-refractivity contribution in [2.24, 2.45) is 23.5 Å². The summed E-state index contributed by atoms with van der Waals surface area (Å²) in [5.74, 6) is 1.71. The minimum Gasteiger partial charge on any atom is -0.351 e. The molecule has 0 aromatic rings. The second-order valence-electron chi connectivity index (χ2n) is 7.37. The minimum atomic E-state index is -0.0358. The van der Waals surface area contributed by atoms with Crippen LogP contribution in [0.3, 0.4) is 0 Å². The van der Waals surface area contributed by atoms with Gasteiger partial charge in [-0.05, 0) is 57.5 Å². The number of hydrogen-bond donors (Lipinski definition) is 2. The highest BCUT2D eigenvalue weighted by Gasteiger charge is 2.41. The van der Waals surface area contributed by atoms with Gasteiger partial charge in [0.15, 0.2) is 0 Å². The summed E-state index contributed by atoms with van der Waals surface area (Å²) in [5.41, 5.74) is 6.15. The standard InChI is InChI=1S/C16H31N3O.2ClH/c1-10(2)15(19(3)4)16(20)18-14-11-6-5-7-12(14)9-13(17)8-11;;/h10-15H,5-9,17H2,1-4H3,(H,18,20);2*1H/t11?,12?,13?,14?,15-;;/m1../s1. The van der Waals surface area contributed by atoms with E-state index in [4.69, 9.17) is 5.73 Å². The first-order chi connectivity index (χ1) is 9.40. The summed E-state index contributed by atoms with van der Waals surface area (Å²) in [6.07, 6.45) is 5.91. The van der Waals surface area contributed by atoms with Crippen molar-refractivity contribution < 1.29 is 4.79 Å². The Hall–Kier alpha value is -0.0300. The van der Waals surface area contributed by atoms with E-state index in [1.165, 1.54) is 19.3 Å². The first-order valence-corrected chi connectivity index (χ1v) is 8.12. The topological polar surface area (TPSA) is 58.4 Å². The zero-order chi connectivity index (χ0) is 14.9. The van der Waals surface area contributed by atoms with Gasteiger partial charge in [0.25, 0.3) is 0 Å². The quantitative estimate of drug-likeness (QED) is 0.815. The minimum absolute atomic E-state index is 0. The molecule has 22 heavy (non-hydrogen) atoms. The van der Waals surface area contributed by atoms with Crippen LogP contribution in [0.1, 0.15) is 46.0 Å². The molecule has 0 aromatic carbocycles. The van der Waals surface area contributed by atoms with E-state index >= 15 is 0 Å². The zero-order valence-corrected chi connectivity index (χ0v) is 15.9. The smallest absolute Gasteiger partial charge is 0.237 e. The molecule has 2 unspecified atom stereocenters. The number of carbonyl (C=O) groups excluding carboxylic acids is 1. The van der Waals surface area contributed by atoms with Crippen LogP contribution in [0.25, 0.3) is 0 Å². The lowest BCUT2D eigenvalue weighted by Gasteiger charge is -2.46. The summed E-state index contributed by atoms with van der Waals surface area (Å²) in [6, 6.07) is 0.664. The summed E-state index contributed by atoms with van der Waals surface area (Å²) in [5, 5.41) is 3.37. The van der Waals surface area contributed by atoms with E-state index in [1.54, 1.807) is 0 Å². The molecular weight excluding hydrogens is 321 g/mol. The van der Waals surface area contributed by atoms with Crippen LogP contribution >= 0.6 is 24.8 Å². The molecule has 132 valence electrons. The molecule has 2 aliphatic carbocycles. The van der Waals surface area contributed by atoms with Gasteiger partial charge >= 0.3 is 0 Å². The fourth-order valence-corrected chi connectivity index (χ4v) is 4.41. The number of nitrogens with zero attached hydrogens (tertiary/aromatic N) is 1. The predicted octanol–water partition coefficient (Wildman–Crippen LogP) is 2.44. The Morgan fingerprint density at radius 1 is 1.14 bits per heavy atom. The van der Waals surface area contributed by atoms with E-state index in [2.05, 4.69) is 19.2 Å². The van der Waals surface area contributed by atoms with Crippen LogP contribution in [0.2, 0.25) is 0 Å². The van der Waals surface area contributed by atoms with Crippen molar-refractivity contribution in [2.45, 2.75) is 64.1 Å². The van der Waals surface area contributed by atoms with Gasteiger partial charge in [0.1, 0.15) is 0 Å². The number of fused-ring (bicyclic) bond motifs is 2. The highest BCUT2D eigenvalue weighted by molar-refractivity contribution is 5.85. The molecule has 6 heteroatoms. The SMILES string of the molecule is CC(C)[C@H](C(=O)NC1C2CCCC1CC(N)C2)N(C)C.Cl.Cl. The molecule has 0 heterocycles. The molecule has 0 spiro atoms. The van der Waals surface area contributed by atoms with Crippen LogP contribution < -0.4 is 11.1 Å². The van der Waals surface area contributed by atoms with Gasteiger partial charge in [-0.25, -0.2) is 0 Å². The lowest BCUT2D eigenvalue weighted by molar-refractivity contribution is -0.129. The maximum absolute atomic E-state index is 12.6. The molecule has 4 nitrogen and oxygen atoms in total. The molecule has 2 saturated carbocycles. The van der Waals surface area contributed by atoms with Crippen molar-refractivity contribution in [3.05, 3.63) is 0 Å². The molecule has 2 fully saturated rings. The van der Waals surface area contributed by atoms with Crippen LogP contribution in [0.4, 0.5) is 0 Å². The Bertz CT molecular complexity index is 330. The van der Waals surface area contributed by atoms with Gasteiger partial charge < -0.3 is 11.1 Å². The molecule has 0 radical (unpaired) electrons. The van der Waals surface area contributed by atoms with Gasteiger partial charge in [0.05, 0.1) is 6.04 Å². The Balaban J connectivity index is 0.00000220. The maximum atomic E-state index is 12.6. The van der Waals surface area contributed by atoms with Crippen molar-refractivity contribution in [1.29, 1.82) is 0 Å². The monoisotopic (exact) mass is 353 g/mol. The number of rotatable bonds is 4. The van der Waals surface area contributed by atoms with E-state index in [-0.39, 0.29) is 36.8 Å². The van der Waals surface area contributed by atoms with E-state index in [1.807, 2.05) is 19.0 Å². The van der Waals surface area contributed by atoms with Crippen LogP contribution in [0.15, 0.2) is 0 Å². The van der Waals surface area contributed by atoms with Crippen LogP contribution in [-0.2, 0) is 4.79 Å². The molecule has 2 bridgehead atoms. The van der Waals surface area contributed by atoms with E-state index in [9.17, 15) is 4.79 Å². The average molecular weight is 354 g/mol. The van der Waals surface area contributed by atoms with Crippen molar-refractivity contribution >= 4 is 30.7 Å². The number of nitrogens with two attached hydrogens (primary N) is 1. The third-order valence-electron chi connectivity index (χ3n) is 5.14. The predicted molar refractivity (Wildman–Crippen MR) is 96.8 cm³/mol. The number of carbonyl (C=O) groups is 1. The summed E-state index contributed by atoms with van der Waals surface area (Å²) >= 11 is 0. The van der Waals surface area contributed by atoms with E-state index in [0.29, 0.717) is 29.8 Å². The number of nitrogens with one attached hydrogen (secondary N) is 1. The molecule has 2 rings (SSSR count). The van der Waals surface area contributed by atoms with Crippen molar-refractivity contribution in [2.75, 3.05) is 14.1 Å². The Kier molecular flexibility index (Phi) is 9.30. The van der Waals surface area contributed by atoms with Gasteiger partial charge in [0.2, 0.25) is 5.91 Å². The summed E-state index contributed by atoms with van der Waals surface area (Å²) in [6.45, 7) is 4.23. The summed E-state index contributed by atoms with van der Waals surface area (Å²) in [7, 11) is 3.98. The van der Waals surface area contributed by atoms with Crippen molar-refractivity contribution in [1.82, 2.24) is 10.2 Å². The van der Waals surface area contributed by atoms with Crippen molar-refractivity contribution in [3.63, 3.8) is 0 Å². The average Bonchev–Trinajstić information content (AvgIpc) is 2.29. The Morgan fingerprint density at radius 2 is 1.64 bits per heavy atom.